The molecule has 2 rings (SSSR count). The van der Waals surface area contributed by atoms with E-state index in [0.29, 0.717) is 17.7 Å². The van der Waals surface area contributed by atoms with Gasteiger partial charge in [-0.2, -0.15) is 0 Å². The molecule has 1 heterocycles. The average Bonchev–Trinajstić information content (AvgIpc) is 2.58. The number of rotatable bonds is 2. The predicted octanol–water partition coefficient (Wildman–Crippen LogP) is 1.05. The van der Waals surface area contributed by atoms with E-state index in [1.165, 1.54) is 5.57 Å². The van der Waals surface area contributed by atoms with Crippen LogP contribution >= 0.6 is 11.8 Å². The topological polar surface area (TPSA) is 46.2 Å². The van der Waals surface area contributed by atoms with Crippen LogP contribution in [0, 0.1) is 5.92 Å². The van der Waals surface area contributed by atoms with E-state index in [1.807, 2.05) is 0 Å². The molecule has 2 aliphatic rings. The molecule has 0 fully saturated rings. The zero-order valence-electron chi connectivity index (χ0n) is 7.31. The van der Waals surface area contributed by atoms with Crippen LogP contribution in [0.15, 0.2) is 34.8 Å². The first-order chi connectivity index (χ1) is 6.33. The van der Waals surface area contributed by atoms with Crippen molar-refractivity contribution in [3.05, 3.63) is 34.8 Å². The first-order valence-corrected chi connectivity index (χ1v) is 5.28. The fraction of sp³-hybridized carbons (Fsp3) is 0.400. The highest BCUT2D eigenvalue weighted by atomic mass is 32.2. The Labute approximate surface area is 82.2 Å². The van der Waals surface area contributed by atoms with E-state index in [2.05, 4.69) is 24.3 Å². The van der Waals surface area contributed by atoms with E-state index < -0.39 is 0 Å². The lowest BCUT2D eigenvalue weighted by Crippen LogP contribution is -2.13. The largest absolute Gasteiger partial charge is 0.391 e. The van der Waals surface area contributed by atoms with Crippen LogP contribution in [0.5, 0.6) is 0 Å². The molecule has 1 aliphatic carbocycles. The highest BCUT2D eigenvalue weighted by Crippen LogP contribution is 2.40. The van der Waals surface area contributed by atoms with Gasteiger partial charge in [0.25, 0.3) is 0 Å². The first kappa shape index (κ1) is 9.06. The lowest BCUT2D eigenvalue weighted by Gasteiger charge is -2.16. The molecule has 0 spiro atoms. The van der Waals surface area contributed by atoms with Crippen LogP contribution in [0.4, 0.5) is 0 Å². The fourth-order valence-electron chi connectivity index (χ4n) is 1.66. The Morgan fingerprint density at radius 2 is 2.31 bits per heavy atom. The summed E-state index contributed by atoms with van der Waals surface area (Å²) in [5.74, 6) is 0.440. The Hall–Kier alpha value is -0.510. The van der Waals surface area contributed by atoms with Crippen LogP contribution in [0.3, 0.4) is 0 Å². The second-order valence-electron chi connectivity index (χ2n) is 3.26. The molecule has 2 unspecified atom stereocenters. The monoisotopic (exact) mass is 195 g/mol. The number of thioether (sulfide) groups is 1. The van der Waals surface area contributed by atoms with Gasteiger partial charge in [-0.15, -0.1) is 11.8 Å². The number of aliphatic hydroxyl groups excluding tert-OH is 1. The molecule has 1 aliphatic heterocycles. The summed E-state index contributed by atoms with van der Waals surface area (Å²) >= 11 is 1.75. The van der Waals surface area contributed by atoms with Crippen molar-refractivity contribution < 1.29 is 5.11 Å². The molecular weight excluding hydrogens is 182 g/mol. The summed E-state index contributed by atoms with van der Waals surface area (Å²) in [4.78, 5) is 1.08. The Morgan fingerprint density at radius 1 is 1.46 bits per heavy atom. The third-order valence-electron chi connectivity index (χ3n) is 2.34. The van der Waals surface area contributed by atoms with Crippen molar-refractivity contribution in [2.75, 3.05) is 13.2 Å². The van der Waals surface area contributed by atoms with Gasteiger partial charge >= 0.3 is 0 Å². The fourth-order valence-corrected chi connectivity index (χ4v) is 2.79. The lowest BCUT2D eigenvalue weighted by atomic mass is 9.95. The molecule has 0 aromatic heterocycles. The number of hydrogen-bond donors (Lipinski definition) is 2. The van der Waals surface area contributed by atoms with E-state index in [4.69, 9.17) is 10.8 Å². The van der Waals surface area contributed by atoms with E-state index in [-0.39, 0.29) is 6.61 Å². The molecule has 0 saturated carbocycles. The van der Waals surface area contributed by atoms with E-state index in [0.717, 1.165) is 4.91 Å². The van der Waals surface area contributed by atoms with Gasteiger partial charge in [-0.05, 0) is 5.57 Å². The number of aliphatic hydroxyl groups is 1. The summed E-state index contributed by atoms with van der Waals surface area (Å²) in [6.45, 7) is 0.768. The van der Waals surface area contributed by atoms with Crippen molar-refractivity contribution in [2.24, 2.45) is 11.7 Å². The molecule has 2 atom stereocenters. The minimum absolute atomic E-state index is 0.164. The molecular formula is C10H13NOS. The van der Waals surface area contributed by atoms with Crippen molar-refractivity contribution in [2.45, 2.75) is 5.25 Å². The van der Waals surface area contributed by atoms with Gasteiger partial charge in [-0.3, -0.25) is 0 Å². The van der Waals surface area contributed by atoms with Crippen LogP contribution in [0.1, 0.15) is 0 Å². The Bertz CT molecular complexity index is 293. The maximum atomic E-state index is 8.98. The summed E-state index contributed by atoms with van der Waals surface area (Å²) in [5, 5.41) is 9.46. The van der Waals surface area contributed by atoms with Gasteiger partial charge in [0.2, 0.25) is 0 Å². The Balaban J connectivity index is 2.16. The van der Waals surface area contributed by atoms with Crippen LogP contribution in [0.25, 0.3) is 0 Å². The van der Waals surface area contributed by atoms with Crippen molar-refractivity contribution in [3.63, 3.8) is 0 Å². The molecule has 0 aromatic rings. The molecule has 0 aromatic carbocycles. The summed E-state index contributed by atoms with van der Waals surface area (Å²) in [5.41, 5.74) is 6.75. The van der Waals surface area contributed by atoms with Crippen molar-refractivity contribution in [1.29, 1.82) is 0 Å². The zero-order valence-corrected chi connectivity index (χ0v) is 8.13. The maximum absolute atomic E-state index is 8.98. The number of nitrogens with two attached hydrogens (primary N) is 1. The Morgan fingerprint density at radius 3 is 3.00 bits per heavy atom. The molecule has 0 radical (unpaired) electrons. The van der Waals surface area contributed by atoms with Crippen LogP contribution in [-0.4, -0.2) is 23.5 Å². The third-order valence-corrected chi connectivity index (χ3v) is 3.65. The quantitative estimate of drug-likeness (QED) is 0.692. The molecule has 0 bridgehead atoms. The number of fused-ring (bicyclic) bond motifs is 1. The summed E-state index contributed by atoms with van der Waals surface area (Å²) in [6, 6.07) is 0. The molecule has 0 saturated heterocycles. The standard InChI is InChI=1S/C10H13NOS/c11-5-7-1-2-10-8(3-7)4-9(6-12)13-10/h1-4,8,10,12H,5-6,11H2. The maximum Gasteiger partial charge on any atom is 0.0737 e. The normalized spacial score (nSPS) is 31.2. The van der Waals surface area contributed by atoms with Crippen LogP contribution in [0.2, 0.25) is 0 Å². The van der Waals surface area contributed by atoms with Gasteiger partial charge in [0.05, 0.1) is 6.61 Å². The number of hydrogen-bond acceptors (Lipinski definition) is 3. The average molecular weight is 195 g/mol. The van der Waals surface area contributed by atoms with Gasteiger partial charge in [0.15, 0.2) is 0 Å². The highest BCUT2D eigenvalue weighted by Gasteiger charge is 2.26. The van der Waals surface area contributed by atoms with Gasteiger partial charge in [0.1, 0.15) is 0 Å². The van der Waals surface area contributed by atoms with Crippen molar-refractivity contribution in [1.82, 2.24) is 0 Å². The van der Waals surface area contributed by atoms with Crippen LogP contribution < -0.4 is 5.73 Å². The summed E-state index contributed by atoms with van der Waals surface area (Å²) < 4.78 is 0. The van der Waals surface area contributed by atoms with Crippen molar-refractivity contribution in [3.8, 4) is 0 Å². The van der Waals surface area contributed by atoms with Gasteiger partial charge < -0.3 is 10.8 Å². The predicted molar refractivity (Wildman–Crippen MR) is 56.3 cm³/mol. The van der Waals surface area contributed by atoms with E-state index >= 15 is 0 Å². The Kier molecular flexibility index (Phi) is 2.58. The molecule has 0 amide bonds. The minimum Gasteiger partial charge on any atom is -0.391 e. The van der Waals surface area contributed by atoms with E-state index in [9.17, 15) is 0 Å². The minimum atomic E-state index is 0.164. The molecule has 3 heteroatoms. The second kappa shape index (κ2) is 3.70. The summed E-state index contributed by atoms with van der Waals surface area (Å²) in [7, 11) is 0. The highest BCUT2D eigenvalue weighted by molar-refractivity contribution is 8.04. The lowest BCUT2D eigenvalue weighted by molar-refractivity contribution is 0.339. The third kappa shape index (κ3) is 1.73. The summed E-state index contributed by atoms with van der Waals surface area (Å²) in [6.07, 6.45) is 8.59. The second-order valence-corrected chi connectivity index (χ2v) is 4.56. The van der Waals surface area contributed by atoms with Gasteiger partial charge in [-0.1, -0.05) is 24.3 Å². The van der Waals surface area contributed by atoms with Crippen LogP contribution in [-0.2, 0) is 0 Å². The molecule has 2 nitrogen and oxygen atoms in total. The smallest absolute Gasteiger partial charge is 0.0737 e. The number of allylic oxidation sites excluding steroid dienone is 2. The van der Waals surface area contributed by atoms with E-state index in [1.54, 1.807) is 11.8 Å². The first-order valence-electron chi connectivity index (χ1n) is 4.40. The van der Waals surface area contributed by atoms with Gasteiger partial charge in [-0.25, -0.2) is 0 Å². The zero-order chi connectivity index (χ0) is 9.26. The van der Waals surface area contributed by atoms with Gasteiger partial charge in [0, 0.05) is 22.6 Å². The molecule has 13 heavy (non-hydrogen) atoms. The van der Waals surface area contributed by atoms with Crippen molar-refractivity contribution >= 4 is 11.8 Å². The SMILES string of the molecule is NCC1=CC2C=C(CO)SC2C=C1. The molecule has 3 N–H and O–H groups in total. The molecule has 70 valence electrons.